The zero-order valence-electron chi connectivity index (χ0n) is 15.0. The van der Waals surface area contributed by atoms with Crippen molar-refractivity contribution >= 4 is 29.9 Å². The van der Waals surface area contributed by atoms with Crippen molar-refractivity contribution in [3.63, 3.8) is 0 Å². The van der Waals surface area contributed by atoms with Crippen LogP contribution in [0, 0.1) is 5.92 Å². The molecule has 2 heterocycles. The van der Waals surface area contributed by atoms with Crippen molar-refractivity contribution in [1.82, 2.24) is 10.2 Å². The molecule has 0 aromatic heterocycles. The van der Waals surface area contributed by atoms with Crippen LogP contribution in [0.2, 0.25) is 0 Å². The molecule has 0 bridgehead atoms. The second-order valence-corrected chi connectivity index (χ2v) is 6.84. The van der Waals surface area contributed by atoms with Gasteiger partial charge in [-0.05, 0) is 44.0 Å². The number of likely N-dealkylation sites (tertiary alicyclic amines) is 1. The van der Waals surface area contributed by atoms with E-state index in [1.807, 2.05) is 24.1 Å². The van der Waals surface area contributed by atoms with E-state index in [0.29, 0.717) is 19.0 Å². The molecule has 0 spiro atoms. The van der Waals surface area contributed by atoms with Gasteiger partial charge >= 0.3 is 0 Å². The molecule has 1 N–H and O–H groups in total. The molecule has 2 fully saturated rings. The number of carbonyl (C=O) groups is 2. The van der Waals surface area contributed by atoms with E-state index in [0.717, 1.165) is 38.0 Å². The summed E-state index contributed by atoms with van der Waals surface area (Å²) in [4.78, 5) is 28.9. The highest BCUT2D eigenvalue weighted by Gasteiger charge is 2.38. The van der Waals surface area contributed by atoms with E-state index >= 15 is 0 Å². The predicted molar refractivity (Wildman–Crippen MR) is 102 cm³/mol. The number of nitrogens with zero attached hydrogens (tertiary/aromatic N) is 2. The van der Waals surface area contributed by atoms with Gasteiger partial charge in [0.25, 0.3) is 0 Å². The first-order valence-electron chi connectivity index (χ1n) is 8.97. The second-order valence-electron chi connectivity index (χ2n) is 6.84. The van der Waals surface area contributed by atoms with Crippen LogP contribution in [-0.4, -0.2) is 49.4 Å². The maximum Gasteiger partial charge on any atom is 0.228 e. The summed E-state index contributed by atoms with van der Waals surface area (Å²) in [6, 6.07) is 8.46. The topological polar surface area (TPSA) is 52.7 Å². The van der Waals surface area contributed by atoms with Crippen LogP contribution in [0.3, 0.4) is 0 Å². The van der Waals surface area contributed by atoms with Gasteiger partial charge in [-0.1, -0.05) is 19.1 Å². The Morgan fingerprint density at radius 2 is 1.96 bits per heavy atom. The molecule has 0 saturated carbocycles. The summed E-state index contributed by atoms with van der Waals surface area (Å²) in [5, 5.41) is 3.26. The van der Waals surface area contributed by atoms with Gasteiger partial charge in [0.2, 0.25) is 11.8 Å². The van der Waals surface area contributed by atoms with E-state index in [4.69, 9.17) is 0 Å². The van der Waals surface area contributed by atoms with Gasteiger partial charge in [-0.2, -0.15) is 0 Å². The predicted octanol–water partition coefficient (Wildman–Crippen LogP) is 2.23. The molecule has 0 radical (unpaired) electrons. The quantitative estimate of drug-likeness (QED) is 0.890. The molecule has 2 aliphatic rings. The molecule has 2 saturated heterocycles. The number of aryl methyl sites for hydroxylation is 1. The number of piperidine rings is 1. The van der Waals surface area contributed by atoms with E-state index < -0.39 is 0 Å². The van der Waals surface area contributed by atoms with E-state index in [1.54, 1.807) is 4.90 Å². The molecular formula is C19H28ClN3O2. The number of nitrogens with one attached hydrogen (secondary N) is 1. The van der Waals surface area contributed by atoms with E-state index in [9.17, 15) is 9.59 Å². The Hall–Kier alpha value is -1.59. The number of anilines is 1. The number of halogens is 1. The summed E-state index contributed by atoms with van der Waals surface area (Å²) in [6.45, 7) is 4.18. The van der Waals surface area contributed by atoms with Crippen LogP contribution in [-0.2, 0) is 16.0 Å². The van der Waals surface area contributed by atoms with Gasteiger partial charge < -0.3 is 15.1 Å². The van der Waals surface area contributed by atoms with Crippen molar-refractivity contribution in [2.75, 3.05) is 31.6 Å². The Kier molecular flexibility index (Phi) is 6.85. The van der Waals surface area contributed by atoms with Crippen molar-refractivity contribution < 1.29 is 9.59 Å². The van der Waals surface area contributed by atoms with Gasteiger partial charge in [-0.25, -0.2) is 0 Å². The maximum absolute atomic E-state index is 12.8. The molecule has 5 nitrogen and oxygen atoms in total. The smallest absolute Gasteiger partial charge is 0.228 e. The Bertz CT molecular complexity index is 605. The number of hydrogen-bond donors (Lipinski definition) is 1. The number of benzene rings is 1. The van der Waals surface area contributed by atoms with Gasteiger partial charge in [-0.3, -0.25) is 9.59 Å². The van der Waals surface area contributed by atoms with Crippen LogP contribution in [0.4, 0.5) is 5.69 Å². The van der Waals surface area contributed by atoms with Gasteiger partial charge in [0.15, 0.2) is 0 Å². The number of likely N-dealkylation sites (N-methyl/N-ethyl adjacent to an activating group) is 1. The highest BCUT2D eigenvalue weighted by molar-refractivity contribution is 6.00. The van der Waals surface area contributed by atoms with Gasteiger partial charge in [0, 0.05) is 37.8 Å². The molecule has 1 aromatic carbocycles. The minimum absolute atomic E-state index is 0. The van der Waals surface area contributed by atoms with Crippen molar-refractivity contribution in [1.29, 1.82) is 0 Å². The number of hydrogen-bond acceptors (Lipinski definition) is 3. The maximum atomic E-state index is 12.8. The average molecular weight is 366 g/mol. The number of amides is 2. The Labute approximate surface area is 156 Å². The van der Waals surface area contributed by atoms with E-state index in [1.165, 1.54) is 5.56 Å². The molecule has 3 rings (SSSR count). The molecule has 2 unspecified atom stereocenters. The lowest BCUT2D eigenvalue weighted by atomic mass is 10.0. The molecule has 6 heteroatoms. The molecule has 0 aliphatic carbocycles. The zero-order valence-corrected chi connectivity index (χ0v) is 15.8. The Balaban J connectivity index is 0.00000225. The minimum Gasteiger partial charge on any atom is -0.341 e. The molecule has 2 amide bonds. The van der Waals surface area contributed by atoms with Gasteiger partial charge in [-0.15, -0.1) is 12.4 Å². The lowest BCUT2D eigenvalue weighted by Gasteiger charge is -2.34. The van der Waals surface area contributed by atoms with Crippen molar-refractivity contribution in [2.24, 2.45) is 5.92 Å². The molecule has 2 aliphatic heterocycles. The fraction of sp³-hybridized carbons (Fsp3) is 0.579. The van der Waals surface area contributed by atoms with Crippen LogP contribution in [0.5, 0.6) is 0 Å². The monoisotopic (exact) mass is 365 g/mol. The minimum atomic E-state index is -0.209. The zero-order chi connectivity index (χ0) is 17.1. The first kappa shape index (κ1) is 19.7. The van der Waals surface area contributed by atoms with Gasteiger partial charge in [0.1, 0.15) is 0 Å². The largest absolute Gasteiger partial charge is 0.341 e. The van der Waals surface area contributed by atoms with Crippen LogP contribution in [0.1, 0.15) is 31.7 Å². The fourth-order valence-electron chi connectivity index (χ4n) is 3.71. The molecule has 2 atom stereocenters. The highest BCUT2D eigenvalue weighted by atomic mass is 35.5. The van der Waals surface area contributed by atoms with Gasteiger partial charge in [0.05, 0.1) is 5.92 Å². The van der Waals surface area contributed by atoms with Crippen molar-refractivity contribution in [3.8, 4) is 0 Å². The highest BCUT2D eigenvalue weighted by Crippen LogP contribution is 2.27. The summed E-state index contributed by atoms with van der Waals surface area (Å²) >= 11 is 0. The third-order valence-corrected chi connectivity index (χ3v) is 5.27. The SMILES string of the molecule is CCc1ccc(N2CC(C(=O)N3CCCC(NC)C3)CC2=O)cc1.Cl. The van der Waals surface area contributed by atoms with E-state index in [-0.39, 0.29) is 30.1 Å². The van der Waals surface area contributed by atoms with Crippen LogP contribution < -0.4 is 10.2 Å². The molecule has 25 heavy (non-hydrogen) atoms. The number of rotatable bonds is 4. The third-order valence-electron chi connectivity index (χ3n) is 5.27. The lowest BCUT2D eigenvalue weighted by molar-refractivity contribution is -0.137. The Morgan fingerprint density at radius 1 is 1.24 bits per heavy atom. The summed E-state index contributed by atoms with van der Waals surface area (Å²) in [6.07, 6.45) is 3.45. The van der Waals surface area contributed by atoms with Crippen LogP contribution in [0.15, 0.2) is 24.3 Å². The molecular weight excluding hydrogens is 338 g/mol. The average Bonchev–Trinajstić information content (AvgIpc) is 3.03. The first-order valence-corrected chi connectivity index (χ1v) is 8.97. The summed E-state index contributed by atoms with van der Waals surface area (Å²) in [5.41, 5.74) is 2.16. The van der Waals surface area contributed by atoms with Crippen LogP contribution >= 0.6 is 12.4 Å². The standard InChI is InChI=1S/C19H27N3O2.ClH/c1-3-14-6-8-17(9-7-14)22-12-15(11-18(22)23)19(24)21-10-4-5-16(13-21)20-2;/h6-9,15-16,20H,3-5,10-13H2,1-2H3;1H. The second kappa shape index (κ2) is 8.68. The summed E-state index contributed by atoms with van der Waals surface area (Å²) < 4.78 is 0. The molecule has 138 valence electrons. The Morgan fingerprint density at radius 3 is 2.60 bits per heavy atom. The van der Waals surface area contributed by atoms with Crippen LogP contribution in [0.25, 0.3) is 0 Å². The number of carbonyl (C=O) groups excluding carboxylic acids is 2. The lowest BCUT2D eigenvalue weighted by Crippen LogP contribution is -2.49. The first-order chi connectivity index (χ1) is 11.6. The van der Waals surface area contributed by atoms with Crippen molar-refractivity contribution in [3.05, 3.63) is 29.8 Å². The van der Waals surface area contributed by atoms with Crippen molar-refractivity contribution in [2.45, 2.75) is 38.6 Å². The molecule has 1 aromatic rings. The normalized spacial score (nSPS) is 23.5. The summed E-state index contributed by atoms with van der Waals surface area (Å²) in [7, 11) is 1.94. The summed E-state index contributed by atoms with van der Waals surface area (Å²) in [5.74, 6) is -0.0188. The van der Waals surface area contributed by atoms with E-state index in [2.05, 4.69) is 24.4 Å². The fourth-order valence-corrected chi connectivity index (χ4v) is 3.71. The third kappa shape index (κ3) is 4.33.